The van der Waals surface area contributed by atoms with E-state index in [2.05, 4.69) is 14.7 Å². The second-order valence-corrected chi connectivity index (χ2v) is 4.25. The maximum Gasteiger partial charge on any atom is 0.325 e. The zero-order chi connectivity index (χ0) is 12.4. The van der Waals surface area contributed by atoms with Crippen LogP contribution in [0.15, 0.2) is 18.3 Å². The Hall–Kier alpha value is -1.62. The molecule has 0 saturated heterocycles. The molecule has 6 heteroatoms. The van der Waals surface area contributed by atoms with Crippen LogP contribution in [0.3, 0.4) is 0 Å². The second-order valence-electron chi connectivity index (χ2n) is 3.59. The molecule has 2 aromatic rings. The van der Waals surface area contributed by atoms with Crippen molar-refractivity contribution in [3.05, 3.63) is 24.2 Å². The largest absolute Gasteiger partial charge is 0.468 e. The van der Waals surface area contributed by atoms with Crippen molar-refractivity contribution >= 4 is 28.7 Å². The Morgan fingerprint density at radius 2 is 2.41 bits per heavy atom. The van der Waals surface area contributed by atoms with Crippen LogP contribution in [-0.2, 0) is 16.1 Å². The van der Waals surface area contributed by atoms with Gasteiger partial charge >= 0.3 is 5.97 Å². The molecule has 0 radical (unpaired) electrons. The number of imidazole rings is 1. The van der Waals surface area contributed by atoms with Gasteiger partial charge in [0.25, 0.3) is 0 Å². The molecule has 2 rings (SSSR count). The molecule has 2 heterocycles. The topological polar surface area (TPSA) is 57.0 Å². The number of methoxy groups -OCH3 is 1. The van der Waals surface area contributed by atoms with E-state index in [-0.39, 0.29) is 17.9 Å². The van der Waals surface area contributed by atoms with Crippen LogP contribution in [0.1, 0.15) is 18.1 Å². The van der Waals surface area contributed by atoms with E-state index in [9.17, 15) is 4.79 Å². The molecule has 0 spiro atoms. The number of ether oxygens (including phenoxy) is 1. The molecule has 0 N–H and O–H groups in total. The van der Waals surface area contributed by atoms with Gasteiger partial charge in [0.1, 0.15) is 17.9 Å². The molecule has 0 fully saturated rings. The van der Waals surface area contributed by atoms with Crippen molar-refractivity contribution in [3.8, 4) is 0 Å². The van der Waals surface area contributed by atoms with Gasteiger partial charge in [-0.1, -0.05) is 0 Å². The normalized spacial score (nSPS) is 12.6. The molecule has 90 valence electrons. The molecule has 0 aliphatic carbocycles. The number of nitrogens with zero attached hydrogens (tertiary/aromatic N) is 3. The highest BCUT2D eigenvalue weighted by atomic mass is 35.5. The molecule has 17 heavy (non-hydrogen) atoms. The number of fused-ring (bicyclic) bond motifs is 1. The van der Waals surface area contributed by atoms with Gasteiger partial charge in [-0.15, -0.1) is 11.6 Å². The van der Waals surface area contributed by atoms with Crippen LogP contribution >= 0.6 is 11.6 Å². The fourth-order valence-electron chi connectivity index (χ4n) is 1.63. The molecule has 5 nitrogen and oxygen atoms in total. The van der Waals surface area contributed by atoms with Gasteiger partial charge in [0.15, 0.2) is 5.65 Å². The Morgan fingerprint density at radius 1 is 1.65 bits per heavy atom. The SMILES string of the molecule is COC(=O)Cn1c(C(C)Cl)nc2cccnc21. The van der Waals surface area contributed by atoms with Crippen LogP contribution in [-0.4, -0.2) is 27.6 Å². The number of halogens is 1. The number of aromatic nitrogens is 3. The number of carbonyl (C=O) groups is 1. The Morgan fingerprint density at radius 3 is 3.06 bits per heavy atom. The van der Waals surface area contributed by atoms with Gasteiger partial charge in [0.2, 0.25) is 0 Å². The summed E-state index contributed by atoms with van der Waals surface area (Å²) in [6.07, 6.45) is 1.65. The predicted molar refractivity (Wildman–Crippen MR) is 63.8 cm³/mol. The van der Waals surface area contributed by atoms with E-state index in [1.165, 1.54) is 7.11 Å². The lowest BCUT2D eigenvalue weighted by Gasteiger charge is -2.07. The van der Waals surface area contributed by atoms with Crippen molar-refractivity contribution in [2.45, 2.75) is 18.8 Å². The molecule has 1 atom stereocenters. The van der Waals surface area contributed by atoms with Crippen LogP contribution in [0.4, 0.5) is 0 Å². The molecule has 2 aromatic heterocycles. The number of pyridine rings is 1. The number of alkyl halides is 1. The van der Waals surface area contributed by atoms with Gasteiger partial charge in [-0.3, -0.25) is 4.79 Å². The van der Waals surface area contributed by atoms with Gasteiger partial charge in [-0.05, 0) is 19.1 Å². The summed E-state index contributed by atoms with van der Waals surface area (Å²) in [5.74, 6) is 0.263. The van der Waals surface area contributed by atoms with E-state index >= 15 is 0 Å². The Bertz CT molecular complexity index is 551. The van der Waals surface area contributed by atoms with Gasteiger partial charge in [0.05, 0.1) is 12.5 Å². The average Bonchev–Trinajstić information content (AvgIpc) is 2.68. The molecule has 1 unspecified atom stereocenters. The number of esters is 1. The smallest absolute Gasteiger partial charge is 0.325 e. The zero-order valence-corrected chi connectivity index (χ0v) is 10.3. The first-order valence-corrected chi connectivity index (χ1v) is 5.59. The number of hydrogen-bond acceptors (Lipinski definition) is 4. The fourth-order valence-corrected chi connectivity index (χ4v) is 1.80. The van der Waals surface area contributed by atoms with Crippen LogP contribution in [0.25, 0.3) is 11.2 Å². The maximum atomic E-state index is 11.4. The van der Waals surface area contributed by atoms with Crippen molar-refractivity contribution in [2.75, 3.05) is 7.11 Å². The summed E-state index contributed by atoms with van der Waals surface area (Å²) in [5, 5.41) is -0.297. The van der Waals surface area contributed by atoms with Crippen molar-refractivity contribution in [3.63, 3.8) is 0 Å². The third-order valence-electron chi connectivity index (χ3n) is 2.40. The lowest BCUT2D eigenvalue weighted by Crippen LogP contribution is -2.14. The van der Waals surface area contributed by atoms with Crippen LogP contribution in [0.2, 0.25) is 0 Å². The minimum absolute atomic E-state index is 0.0659. The van der Waals surface area contributed by atoms with Gasteiger partial charge in [0, 0.05) is 6.20 Å². The summed E-state index contributed by atoms with van der Waals surface area (Å²) in [6, 6.07) is 3.62. The second kappa shape index (κ2) is 4.71. The van der Waals surface area contributed by atoms with Gasteiger partial charge < -0.3 is 9.30 Å². The minimum Gasteiger partial charge on any atom is -0.468 e. The van der Waals surface area contributed by atoms with Crippen LogP contribution in [0, 0.1) is 0 Å². The number of carbonyl (C=O) groups excluding carboxylic acids is 1. The first-order valence-electron chi connectivity index (χ1n) is 5.15. The van der Waals surface area contributed by atoms with E-state index in [1.807, 2.05) is 6.07 Å². The van der Waals surface area contributed by atoms with Gasteiger partial charge in [-0.2, -0.15) is 0 Å². The van der Waals surface area contributed by atoms with E-state index < -0.39 is 0 Å². The van der Waals surface area contributed by atoms with E-state index in [4.69, 9.17) is 11.6 Å². The first-order chi connectivity index (χ1) is 8.13. The molecule has 0 bridgehead atoms. The van der Waals surface area contributed by atoms with E-state index in [1.54, 1.807) is 23.8 Å². The summed E-state index contributed by atoms with van der Waals surface area (Å²) >= 11 is 6.04. The Balaban J connectivity index is 2.55. The standard InChI is InChI=1S/C11H12ClN3O2/c1-7(12)10-14-8-4-3-5-13-11(8)15(10)6-9(16)17-2/h3-5,7H,6H2,1-2H3. The predicted octanol–water partition coefficient (Wildman–Crippen LogP) is 1.90. The highest BCUT2D eigenvalue weighted by Gasteiger charge is 2.17. The highest BCUT2D eigenvalue weighted by Crippen LogP contribution is 2.23. The van der Waals surface area contributed by atoms with E-state index in [0.717, 1.165) is 5.52 Å². The van der Waals surface area contributed by atoms with Crippen LogP contribution in [0.5, 0.6) is 0 Å². The molecular formula is C11H12ClN3O2. The number of rotatable bonds is 3. The van der Waals surface area contributed by atoms with Crippen molar-refractivity contribution in [1.82, 2.24) is 14.5 Å². The third-order valence-corrected chi connectivity index (χ3v) is 2.60. The minimum atomic E-state index is -0.353. The lowest BCUT2D eigenvalue weighted by atomic mass is 10.4. The Labute approximate surface area is 103 Å². The van der Waals surface area contributed by atoms with Crippen LogP contribution < -0.4 is 0 Å². The monoisotopic (exact) mass is 253 g/mol. The van der Waals surface area contributed by atoms with Crippen molar-refractivity contribution in [2.24, 2.45) is 0 Å². The van der Waals surface area contributed by atoms with Crippen molar-refractivity contribution in [1.29, 1.82) is 0 Å². The molecule has 0 aromatic carbocycles. The van der Waals surface area contributed by atoms with Gasteiger partial charge in [-0.25, -0.2) is 9.97 Å². The number of hydrogen-bond donors (Lipinski definition) is 0. The van der Waals surface area contributed by atoms with E-state index in [0.29, 0.717) is 11.5 Å². The average molecular weight is 254 g/mol. The Kier molecular flexibility index (Phi) is 3.28. The highest BCUT2D eigenvalue weighted by molar-refractivity contribution is 6.20. The summed E-state index contributed by atoms with van der Waals surface area (Å²) in [7, 11) is 1.35. The summed E-state index contributed by atoms with van der Waals surface area (Å²) < 4.78 is 6.33. The molecule has 0 saturated carbocycles. The maximum absolute atomic E-state index is 11.4. The quantitative estimate of drug-likeness (QED) is 0.619. The summed E-state index contributed by atoms with van der Waals surface area (Å²) in [5.41, 5.74) is 1.36. The van der Waals surface area contributed by atoms with Crippen molar-refractivity contribution < 1.29 is 9.53 Å². The molecular weight excluding hydrogens is 242 g/mol. The third kappa shape index (κ3) is 2.24. The summed E-state index contributed by atoms with van der Waals surface area (Å²) in [6.45, 7) is 1.87. The molecule has 0 aliphatic rings. The lowest BCUT2D eigenvalue weighted by molar-refractivity contribution is -0.141. The first kappa shape index (κ1) is 11.9. The molecule has 0 amide bonds. The summed E-state index contributed by atoms with van der Waals surface area (Å²) in [4.78, 5) is 19.9. The fraction of sp³-hybridized carbons (Fsp3) is 0.364. The zero-order valence-electron chi connectivity index (χ0n) is 9.55. The molecule has 0 aliphatic heterocycles.